The van der Waals surface area contributed by atoms with Gasteiger partial charge in [0.05, 0.1) is 0 Å². The first-order valence-electron chi connectivity index (χ1n) is 13.4. The fraction of sp³-hybridized carbons (Fsp3) is 0.600. The van der Waals surface area contributed by atoms with E-state index in [0.29, 0.717) is 22.2 Å². The fourth-order valence-electron chi connectivity index (χ4n) is 5.71. The van der Waals surface area contributed by atoms with Gasteiger partial charge in [0.1, 0.15) is 11.5 Å². The average Bonchev–Trinajstić information content (AvgIpc) is 3.39. The van der Waals surface area contributed by atoms with E-state index in [0.717, 1.165) is 49.3 Å². The molecule has 4 heteroatoms. The van der Waals surface area contributed by atoms with Crippen LogP contribution in [0.25, 0.3) is 0 Å². The van der Waals surface area contributed by atoms with Gasteiger partial charge in [0.2, 0.25) is 0 Å². The summed E-state index contributed by atoms with van der Waals surface area (Å²) in [6, 6.07) is 2.00. The molecule has 0 amide bonds. The highest BCUT2D eigenvalue weighted by Crippen LogP contribution is 2.43. The standard InChI is InChI=1S/C30H50O2Si2/c1-11-21-33(23(3)4,24(5)6)31-29-17-13-15-27(29)19-20-28-16-14-18-30(28)32-34(22-12-2,25(7)8)26(9)10/h11-13,16-18,23-26H,1-2,14-15,19-22H2,3-10H3. The monoisotopic (exact) mass is 498 g/mol. The Morgan fingerprint density at radius 2 is 1.32 bits per heavy atom. The molecule has 2 rings (SSSR count). The third kappa shape index (κ3) is 6.18. The molecule has 0 fully saturated rings. The molecule has 0 unspecified atom stereocenters. The summed E-state index contributed by atoms with van der Waals surface area (Å²) in [5.74, 6) is 2.28. The van der Waals surface area contributed by atoms with Crippen LogP contribution in [0.15, 0.2) is 72.3 Å². The highest BCUT2D eigenvalue weighted by atomic mass is 28.4. The van der Waals surface area contributed by atoms with Crippen molar-refractivity contribution in [2.24, 2.45) is 0 Å². The van der Waals surface area contributed by atoms with E-state index < -0.39 is 16.6 Å². The van der Waals surface area contributed by atoms with Crippen LogP contribution >= 0.6 is 0 Å². The summed E-state index contributed by atoms with van der Waals surface area (Å²) < 4.78 is 14.0. The molecule has 0 bridgehead atoms. The van der Waals surface area contributed by atoms with Gasteiger partial charge in [-0.3, -0.25) is 0 Å². The van der Waals surface area contributed by atoms with E-state index in [9.17, 15) is 0 Å². The van der Waals surface area contributed by atoms with Crippen LogP contribution in [0.1, 0.15) is 81.1 Å². The Morgan fingerprint density at radius 3 is 1.82 bits per heavy atom. The van der Waals surface area contributed by atoms with Crippen molar-refractivity contribution in [1.82, 2.24) is 0 Å². The van der Waals surface area contributed by atoms with Crippen LogP contribution in [-0.2, 0) is 8.85 Å². The predicted molar refractivity (Wildman–Crippen MR) is 155 cm³/mol. The smallest absolute Gasteiger partial charge is 0.259 e. The second-order valence-corrected chi connectivity index (χ2v) is 21.0. The molecule has 0 N–H and O–H groups in total. The van der Waals surface area contributed by atoms with E-state index in [1.165, 1.54) is 11.1 Å². The Morgan fingerprint density at radius 1 is 0.794 bits per heavy atom. The minimum absolute atomic E-state index is 0.545. The lowest BCUT2D eigenvalue weighted by Gasteiger charge is -2.39. The molecule has 0 spiro atoms. The van der Waals surface area contributed by atoms with Crippen molar-refractivity contribution >= 4 is 16.6 Å². The van der Waals surface area contributed by atoms with Crippen LogP contribution in [0.4, 0.5) is 0 Å². The summed E-state index contributed by atoms with van der Waals surface area (Å²) >= 11 is 0. The summed E-state index contributed by atoms with van der Waals surface area (Å²) in [4.78, 5) is 0. The average molecular weight is 499 g/mol. The Bertz CT molecular complexity index is 824. The Kier molecular flexibility index (Phi) is 10.5. The minimum atomic E-state index is -1.98. The lowest BCUT2D eigenvalue weighted by molar-refractivity contribution is 0.389. The second-order valence-electron chi connectivity index (χ2n) is 11.3. The molecule has 0 aromatic heterocycles. The number of allylic oxidation sites excluding steroid dienone is 8. The van der Waals surface area contributed by atoms with Crippen LogP contribution < -0.4 is 0 Å². The second kappa shape index (κ2) is 12.4. The molecule has 190 valence electrons. The molecule has 0 aromatic rings. The SMILES string of the molecule is C=CC[Si](OC1=CCC=C1CCC1=C(O[Si](CC=C)(C(C)C)C(C)C)C=CC1)(C(C)C)C(C)C. The summed E-state index contributed by atoms with van der Waals surface area (Å²) in [7, 11) is -3.96. The molecular formula is C30H50O2Si2. The van der Waals surface area contributed by atoms with Crippen molar-refractivity contribution in [3.05, 3.63) is 72.3 Å². The molecule has 0 atom stereocenters. The number of rotatable bonds is 15. The van der Waals surface area contributed by atoms with Crippen molar-refractivity contribution in [2.75, 3.05) is 0 Å². The van der Waals surface area contributed by atoms with Crippen LogP contribution in [0.3, 0.4) is 0 Å². The zero-order valence-corrected chi connectivity index (χ0v) is 25.2. The Labute approximate surface area is 212 Å². The molecule has 2 aliphatic carbocycles. The molecule has 0 heterocycles. The van der Waals surface area contributed by atoms with E-state index in [1.807, 2.05) is 0 Å². The van der Waals surface area contributed by atoms with Crippen molar-refractivity contribution in [3.63, 3.8) is 0 Å². The van der Waals surface area contributed by atoms with E-state index in [-0.39, 0.29) is 0 Å². The maximum Gasteiger partial charge on any atom is 0.259 e. The van der Waals surface area contributed by atoms with Gasteiger partial charge in [0.25, 0.3) is 16.6 Å². The summed E-state index contributed by atoms with van der Waals surface area (Å²) in [5.41, 5.74) is 5.00. The van der Waals surface area contributed by atoms with Gasteiger partial charge in [0, 0.05) is 0 Å². The quantitative estimate of drug-likeness (QED) is 0.165. The van der Waals surface area contributed by atoms with E-state index in [2.05, 4.69) is 105 Å². The van der Waals surface area contributed by atoms with Gasteiger partial charge in [-0.1, -0.05) is 79.7 Å². The summed E-state index contributed by atoms with van der Waals surface area (Å²) in [6.07, 6.45) is 17.3. The maximum atomic E-state index is 6.99. The summed E-state index contributed by atoms with van der Waals surface area (Å²) in [6.45, 7) is 26.7. The van der Waals surface area contributed by atoms with Crippen molar-refractivity contribution in [1.29, 1.82) is 0 Å². The largest absolute Gasteiger partial charge is 0.543 e. The van der Waals surface area contributed by atoms with Gasteiger partial charge in [-0.2, -0.15) is 0 Å². The topological polar surface area (TPSA) is 18.5 Å². The van der Waals surface area contributed by atoms with E-state index in [4.69, 9.17) is 8.85 Å². The highest BCUT2D eigenvalue weighted by molar-refractivity contribution is 6.77. The molecule has 0 saturated heterocycles. The molecule has 2 nitrogen and oxygen atoms in total. The van der Waals surface area contributed by atoms with Gasteiger partial charge in [-0.05, 0) is 83.2 Å². The van der Waals surface area contributed by atoms with Crippen LogP contribution in [-0.4, -0.2) is 16.6 Å². The summed E-state index contributed by atoms with van der Waals surface area (Å²) in [5, 5.41) is 0. The molecule has 0 aliphatic heterocycles. The molecule has 0 aromatic carbocycles. The highest BCUT2D eigenvalue weighted by Gasteiger charge is 2.45. The third-order valence-corrected chi connectivity index (χ3v) is 19.0. The third-order valence-electron chi connectivity index (χ3n) is 8.10. The molecule has 34 heavy (non-hydrogen) atoms. The molecular weight excluding hydrogens is 449 g/mol. The van der Waals surface area contributed by atoms with Gasteiger partial charge in [-0.25, -0.2) is 0 Å². The number of hydrogen-bond donors (Lipinski definition) is 0. The van der Waals surface area contributed by atoms with E-state index in [1.54, 1.807) is 0 Å². The zero-order valence-electron chi connectivity index (χ0n) is 23.2. The lowest BCUT2D eigenvalue weighted by atomic mass is 10.0. The minimum Gasteiger partial charge on any atom is -0.543 e. The first-order valence-corrected chi connectivity index (χ1v) is 18.0. The van der Waals surface area contributed by atoms with Crippen molar-refractivity contribution in [3.8, 4) is 0 Å². The van der Waals surface area contributed by atoms with Gasteiger partial charge in [-0.15, -0.1) is 13.2 Å². The predicted octanol–water partition coefficient (Wildman–Crippen LogP) is 10.1. The first-order chi connectivity index (χ1) is 16.0. The maximum absolute atomic E-state index is 6.99. The number of hydrogen-bond acceptors (Lipinski definition) is 2. The van der Waals surface area contributed by atoms with Crippen molar-refractivity contribution in [2.45, 2.75) is 115 Å². The van der Waals surface area contributed by atoms with Crippen LogP contribution in [0.5, 0.6) is 0 Å². The lowest BCUT2D eigenvalue weighted by Crippen LogP contribution is -2.44. The van der Waals surface area contributed by atoms with Gasteiger partial charge in [0.15, 0.2) is 0 Å². The van der Waals surface area contributed by atoms with Gasteiger partial charge >= 0.3 is 0 Å². The van der Waals surface area contributed by atoms with Gasteiger partial charge < -0.3 is 8.85 Å². The molecule has 0 radical (unpaired) electrons. The van der Waals surface area contributed by atoms with Crippen molar-refractivity contribution < 1.29 is 8.85 Å². The zero-order chi connectivity index (χ0) is 25.5. The first kappa shape index (κ1) is 28.7. The van der Waals surface area contributed by atoms with E-state index >= 15 is 0 Å². The fourth-order valence-corrected chi connectivity index (χ4v) is 13.5. The Balaban J connectivity index is 2.19. The normalized spacial score (nSPS) is 16.7. The molecule has 0 saturated carbocycles. The van der Waals surface area contributed by atoms with Crippen LogP contribution in [0, 0.1) is 0 Å². The van der Waals surface area contributed by atoms with Crippen LogP contribution in [0.2, 0.25) is 34.3 Å². The molecule has 2 aliphatic rings. The Hall–Kier alpha value is -1.53.